The number of benzene rings is 1. The quantitative estimate of drug-likeness (QED) is 0.819. The smallest absolute Gasteiger partial charge is 0.278 e. The van der Waals surface area contributed by atoms with Crippen molar-refractivity contribution in [2.24, 2.45) is 4.99 Å². The topological polar surface area (TPSA) is 49.7 Å². The second kappa shape index (κ2) is 5.57. The lowest BCUT2D eigenvalue weighted by atomic mass is 10.3. The van der Waals surface area contributed by atoms with Crippen LogP contribution in [0.5, 0.6) is 0 Å². The summed E-state index contributed by atoms with van der Waals surface area (Å²) in [5.41, 5.74) is 0.616. The zero-order valence-electron chi connectivity index (χ0n) is 11.0. The summed E-state index contributed by atoms with van der Waals surface area (Å²) in [4.78, 5) is 30.5. The van der Waals surface area contributed by atoms with Crippen molar-refractivity contribution in [2.75, 3.05) is 4.90 Å². The summed E-state index contributed by atoms with van der Waals surface area (Å²) in [5, 5.41) is 1.93. The van der Waals surface area contributed by atoms with E-state index in [1.165, 1.54) is 24.3 Å². The predicted molar refractivity (Wildman–Crippen MR) is 79.0 cm³/mol. The van der Waals surface area contributed by atoms with Gasteiger partial charge in [-0.05, 0) is 35.7 Å². The van der Waals surface area contributed by atoms with Crippen molar-refractivity contribution in [1.82, 2.24) is 0 Å². The number of amides is 2. The Morgan fingerprint density at radius 2 is 1.95 bits per heavy atom. The van der Waals surface area contributed by atoms with Crippen LogP contribution in [0.2, 0.25) is 0 Å². The molecule has 1 aromatic carbocycles. The first-order valence-corrected chi connectivity index (χ1v) is 7.21. The minimum absolute atomic E-state index is 0.0123. The van der Waals surface area contributed by atoms with Gasteiger partial charge in [-0.25, -0.2) is 9.29 Å². The fraction of sp³-hybridized carbons (Fsp3) is 0.133. The lowest BCUT2D eigenvalue weighted by Gasteiger charge is -2.12. The molecule has 1 fully saturated rings. The number of carbonyl (C=O) groups excluding carboxylic acids is 2. The minimum atomic E-state index is -0.428. The monoisotopic (exact) mass is 302 g/mol. The molecule has 0 aliphatic carbocycles. The lowest BCUT2D eigenvalue weighted by Crippen LogP contribution is -2.30. The van der Waals surface area contributed by atoms with Crippen LogP contribution in [0.1, 0.15) is 11.3 Å². The number of hydrogen-bond donors (Lipinski definition) is 0. The maximum atomic E-state index is 12.9. The van der Waals surface area contributed by atoms with E-state index in [4.69, 9.17) is 0 Å². The summed E-state index contributed by atoms with van der Waals surface area (Å²) in [6.45, 7) is 0.392. The van der Waals surface area contributed by atoms with Crippen molar-refractivity contribution < 1.29 is 14.0 Å². The fourth-order valence-electron chi connectivity index (χ4n) is 2.09. The molecule has 1 aromatic heterocycles. The van der Waals surface area contributed by atoms with Crippen molar-refractivity contribution >= 4 is 34.6 Å². The maximum absolute atomic E-state index is 12.9. The molecule has 6 heteroatoms. The molecule has 4 nitrogen and oxygen atoms in total. The van der Waals surface area contributed by atoms with E-state index in [1.54, 1.807) is 11.3 Å². The molecule has 0 spiro atoms. The van der Waals surface area contributed by atoms with Gasteiger partial charge in [0.2, 0.25) is 5.91 Å². The molecule has 0 atom stereocenters. The molecule has 1 aliphatic heterocycles. The van der Waals surface area contributed by atoms with Crippen molar-refractivity contribution in [3.05, 3.63) is 52.5 Å². The average molecular weight is 302 g/mol. The summed E-state index contributed by atoms with van der Waals surface area (Å²) in [6.07, 6.45) is -0.0123. The lowest BCUT2D eigenvalue weighted by molar-refractivity contribution is -0.120. The van der Waals surface area contributed by atoms with E-state index in [1.807, 2.05) is 17.5 Å². The second-order valence-corrected chi connectivity index (χ2v) is 5.56. The van der Waals surface area contributed by atoms with Crippen LogP contribution in [0.3, 0.4) is 0 Å². The second-order valence-electron chi connectivity index (χ2n) is 4.53. The highest BCUT2D eigenvalue weighted by Gasteiger charge is 2.36. The van der Waals surface area contributed by atoms with Gasteiger partial charge in [0.1, 0.15) is 11.5 Å². The third-order valence-corrected chi connectivity index (χ3v) is 3.97. The summed E-state index contributed by atoms with van der Waals surface area (Å²) in [5.74, 6) is -1.18. The Kier molecular flexibility index (Phi) is 3.62. The molecule has 1 saturated heterocycles. The molecule has 3 rings (SSSR count). The number of rotatable bonds is 3. The van der Waals surface area contributed by atoms with E-state index in [0.29, 0.717) is 12.2 Å². The minimum Gasteiger partial charge on any atom is -0.278 e. The van der Waals surface area contributed by atoms with Gasteiger partial charge in [-0.2, -0.15) is 0 Å². The normalized spacial score (nSPS) is 17.0. The standard InChI is InChI=1S/C15H11FN2O2S/c16-10-3-5-11(6-4-10)18-14(19)8-13(15(18)20)17-9-12-2-1-7-21-12/h1-7H,8-9H2. The number of aliphatic imine (C=N–C) groups is 1. The molecule has 21 heavy (non-hydrogen) atoms. The van der Waals surface area contributed by atoms with E-state index in [9.17, 15) is 14.0 Å². The van der Waals surface area contributed by atoms with E-state index >= 15 is 0 Å². The van der Waals surface area contributed by atoms with Crippen molar-refractivity contribution in [2.45, 2.75) is 13.0 Å². The molecule has 1 aliphatic rings. The fourth-order valence-corrected chi connectivity index (χ4v) is 2.72. The van der Waals surface area contributed by atoms with Crippen molar-refractivity contribution in [3.63, 3.8) is 0 Å². The zero-order chi connectivity index (χ0) is 14.8. The Morgan fingerprint density at radius 3 is 2.62 bits per heavy atom. The number of halogens is 1. The van der Waals surface area contributed by atoms with E-state index in [2.05, 4.69) is 4.99 Å². The van der Waals surface area contributed by atoms with E-state index in [0.717, 1.165) is 9.78 Å². The molecule has 0 N–H and O–H groups in total. The van der Waals surface area contributed by atoms with Gasteiger partial charge >= 0.3 is 0 Å². The largest absolute Gasteiger partial charge is 0.279 e. The highest BCUT2D eigenvalue weighted by molar-refractivity contribution is 7.09. The third-order valence-electron chi connectivity index (χ3n) is 3.11. The molecule has 2 amide bonds. The molecule has 0 radical (unpaired) electrons. The van der Waals surface area contributed by atoms with E-state index in [-0.39, 0.29) is 18.0 Å². The first-order valence-electron chi connectivity index (χ1n) is 6.34. The molecule has 106 valence electrons. The molecule has 2 heterocycles. The Hall–Kier alpha value is -2.34. The predicted octanol–water partition coefficient (Wildman–Crippen LogP) is 2.79. The summed E-state index contributed by atoms with van der Waals surface area (Å²) < 4.78 is 12.9. The Balaban J connectivity index is 1.82. The molecule has 2 aromatic rings. The summed E-state index contributed by atoms with van der Waals surface area (Å²) >= 11 is 1.55. The molecular weight excluding hydrogens is 291 g/mol. The third kappa shape index (κ3) is 2.75. The SMILES string of the molecule is O=C1CC(=NCc2cccs2)C(=O)N1c1ccc(F)cc1. The van der Waals surface area contributed by atoms with Gasteiger partial charge in [0.05, 0.1) is 18.7 Å². The average Bonchev–Trinajstić information content (AvgIpc) is 3.07. The molecular formula is C15H11FN2O2S. The number of thiophene rings is 1. The number of anilines is 1. The Morgan fingerprint density at radius 1 is 1.19 bits per heavy atom. The van der Waals surface area contributed by atoms with Gasteiger partial charge in [0.15, 0.2) is 0 Å². The van der Waals surface area contributed by atoms with Crippen molar-refractivity contribution in [1.29, 1.82) is 0 Å². The molecule has 0 unspecified atom stereocenters. The van der Waals surface area contributed by atoms with Gasteiger partial charge in [0.25, 0.3) is 5.91 Å². The van der Waals surface area contributed by atoms with Crippen molar-refractivity contribution in [3.8, 4) is 0 Å². The van der Waals surface area contributed by atoms with Gasteiger partial charge < -0.3 is 0 Å². The van der Waals surface area contributed by atoms with E-state index < -0.39 is 11.7 Å². The van der Waals surface area contributed by atoms with Crippen LogP contribution in [-0.4, -0.2) is 17.5 Å². The number of nitrogens with zero attached hydrogens (tertiary/aromatic N) is 2. The van der Waals surface area contributed by atoms with Crippen LogP contribution >= 0.6 is 11.3 Å². The van der Waals surface area contributed by atoms with Crippen LogP contribution in [0.25, 0.3) is 0 Å². The number of carbonyl (C=O) groups is 2. The zero-order valence-corrected chi connectivity index (χ0v) is 11.8. The Bertz CT molecular complexity index is 708. The number of imide groups is 1. The van der Waals surface area contributed by atoms with Crippen LogP contribution in [-0.2, 0) is 16.1 Å². The summed E-state index contributed by atoms with van der Waals surface area (Å²) in [7, 11) is 0. The summed E-state index contributed by atoms with van der Waals surface area (Å²) in [6, 6.07) is 9.09. The first-order chi connectivity index (χ1) is 10.1. The van der Waals surface area contributed by atoms with Crippen LogP contribution in [0.4, 0.5) is 10.1 Å². The maximum Gasteiger partial charge on any atom is 0.279 e. The number of hydrogen-bond acceptors (Lipinski definition) is 4. The highest BCUT2D eigenvalue weighted by atomic mass is 32.1. The highest BCUT2D eigenvalue weighted by Crippen LogP contribution is 2.22. The van der Waals surface area contributed by atoms with Crippen LogP contribution in [0.15, 0.2) is 46.8 Å². The van der Waals surface area contributed by atoms with Gasteiger partial charge in [0, 0.05) is 4.88 Å². The van der Waals surface area contributed by atoms with Gasteiger partial charge in [-0.3, -0.25) is 14.6 Å². The Labute approximate surface area is 124 Å². The van der Waals surface area contributed by atoms with Crippen LogP contribution < -0.4 is 4.90 Å². The first kappa shape index (κ1) is 13.6. The van der Waals surface area contributed by atoms with Gasteiger partial charge in [-0.15, -0.1) is 11.3 Å². The van der Waals surface area contributed by atoms with Crippen LogP contribution in [0, 0.1) is 5.82 Å². The van der Waals surface area contributed by atoms with Gasteiger partial charge in [-0.1, -0.05) is 6.07 Å². The molecule has 0 saturated carbocycles. The molecule has 0 bridgehead atoms.